The third-order valence-corrected chi connectivity index (χ3v) is 4.69. The summed E-state index contributed by atoms with van der Waals surface area (Å²) in [5.41, 5.74) is 3.63. The molecule has 0 bridgehead atoms. The molecule has 1 aliphatic rings. The fourth-order valence-electron chi connectivity index (χ4n) is 3.42. The molecule has 0 atom stereocenters. The van der Waals surface area contributed by atoms with Gasteiger partial charge in [0.1, 0.15) is 0 Å². The molecule has 2 aromatic carbocycles. The summed E-state index contributed by atoms with van der Waals surface area (Å²) in [7, 11) is 0. The van der Waals surface area contributed by atoms with E-state index in [-0.39, 0.29) is 17.6 Å². The third kappa shape index (κ3) is 4.06. The van der Waals surface area contributed by atoms with Gasteiger partial charge < -0.3 is 20.0 Å². The van der Waals surface area contributed by atoms with E-state index in [0.717, 1.165) is 25.1 Å². The number of carbonyl (C=O) groups is 2. The Kier molecular flexibility index (Phi) is 5.10. The van der Waals surface area contributed by atoms with Gasteiger partial charge in [0.15, 0.2) is 5.76 Å². The lowest BCUT2D eigenvalue weighted by atomic mass is 10.0. The number of para-hydroxylation sites is 1. The van der Waals surface area contributed by atoms with Crippen LogP contribution in [0, 0.1) is 0 Å². The smallest absolute Gasteiger partial charge is 0.291 e. The lowest BCUT2D eigenvalue weighted by Crippen LogP contribution is -2.36. The minimum Gasteiger partial charge on any atom is -0.459 e. The van der Waals surface area contributed by atoms with Gasteiger partial charge >= 0.3 is 0 Å². The van der Waals surface area contributed by atoms with Gasteiger partial charge in [-0.2, -0.15) is 0 Å². The molecular formula is C22H21N3O3. The highest BCUT2D eigenvalue weighted by atomic mass is 16.3. The normalized spacial score (nSPS) is 12.9. The molecule has 1 aliphatic heterocycles. The highest BCUT2D eigenvalue weighted by Crippen LogP contribution is 2.26. The summed E-state index contributed by atoms with van der Waals surface area (Å²) in [6.45, 7) is 1.16. The SMILES string of the molecule is O=C(CN1CCCc2ccccc21)Nc1cccc(NC(=O)c2ccco2)c1. The molecule has 0 fully saturated rings. The number of anilines is 3. The molecule has 0 spiro atoms. The van der Waals surface area contributed by atoms with Crippen LogP contribution >= 0.6 is 0 Å². The molecule has 3 aromatic rings. The summed E-state index contributed by atoms with van der Waals surface area (Å²) in [4.78, 5) is 26.8. The molecule has 1 aromatic heterocycles. The van der Waals surface area contributed by atoms with Crippen LogP contribution in [0.5, 0.6) is 0 Å². The highest BCUT2D eigenvalue weighted by molar-refractivity contribution is 6.03. The molecule has 0 saturated carbocycles. The second-order valence-corrected chi connectivity index (χ2v) is 6.71. The second kappa shape index (κ2) is 8.00. The fraction of sp³-hybridized carbons (Fsp3) is 0.182. The number of nitrogens with zero attached hydrogens (tertiary/aromatic N) is 1. The van der Waals surface area contributed by atoms with Gasteiger partial charge in [-0.1, -0.05) is 24.3 Å². The molecule has 0 saturated heterocycles. The van der Waals surface area contributed by atoms with E-state index in [1.165, 1.54) is 11.8 Å². The van der Waals surface area contributed by atoms with Crippen molar-refractivity contribution in [2.45, 2.75) is 12.8 Å². The predicted octanol–water partition coefficient (Wildman–Crippen LogP) is 3.92. The number of fused-ring (bicyclic) bond motifs is 1. The zero-order valence-corrected chi connectivity index (χ0v) is 15.4. The van der Waals surface area contributed by atoms with Crippen molar-refractivity contribution in [1.29, 1.82) is 0 Å². The maximum Gasteiger partial charge on any atom is 0.291 e. The van der Waals surface area contributed by atoms with Crippen LogP contribution in [0.2, 0.25) is 0 Å². The Morgan fingerprint density at radius 2 is 1.79 bits per heavy atom. The summed E-state index contributed by atoms with van der Waals surface area (Å²) in [6, 6.07) is 18.5. The summed E-state index contributed by atoms with van der Waals surface area (Å²) in [5, 5.41) is 5.67. The fourth-order valence-corrected chi connectivity index (χ4v) is 3.42. The van der Waals surface area contributed by atoms with Crippen molar-refractivity contribution < 1.29 is 14.0 Å². The van der Waals surface area contributed by atoms with Crippen molar-refractivity contribution >= 4 is 28.9 Å². The maximum absolute atomic E-state index is 12.6. The van der Waals surface area contributed by atoms with Crippen LogP contribution in [0.1, 0.15) is 22.5 Å². The molecular weight excluding hydrogens is 354 g/mol. The van der Waals surface area contributed by atoms with Gasteiger partial charge in [0.25, 0.3) is 5.91 Å². The summed E-state index contributed by atoms with van der Waals surface area (Å²) in [6.07, 6.45) is 3.54. The van der Waals surface area contributed by atoms with Crippen LogP contribution in [-0.4, -0.2) is 24.9 Å². The Balaban J connectivity index is 1.39. The van der Waals surface area contributed by atoms with Gasteiger partial charge in [0.2, 0.25) is 5.91 Å². The Labute approximate surface area is 163 Å². The maximum atomic E-state index is 12.6. The molecule has 142 valence electrons. The first-order chi connectivity index (χ1) is 13.7. The summed E-state index contributed by atoms with van der Waals surface area (Å²) in [5.74, 6) is -0.192. The average Bonchev–Trinajstić information content (AvgIpc) is 3.23. The van der Waals surface area contributed by atoms with Crippen molar-refractivity contribution in [3.05, 3.63) is 78.3 Å². The Bertz CT molecular complexity index is 982. The monoisotopic (exact) mass is 375 g/mol. The first-order valence-electron chi connectivity index (χ1n) is 9.27. The molecule has 2 N–H and O–H groups in total. The summed E-state index contributed by atoms with van der Waals surface area (Å²) >= 11 is 0. The van der Waals surface area contributed by atoms with E-state index in [4.69, 9.17) is 4.42 Å². The van der Waals surface area contributed by atoms with Crippen LogP contribution in [-0.2, 0) is 11.2 Å². The van der Waals surface area contributed by atoms with Crippen LogP contribution < -0.4 is 15.5 Å². The van der Waals surface area contributed by atoms with Crippen molar-refractivity contribution in [3.8, 4) is 0 Å². The van der Waals surface area contributed by atoms with E-state index in [9.17, 15) is 9.59 Å². The zero-order chi connectivity index (χ0) is 19.3. The Morgan fingerprint density at radius 1 is 0.964 bits per heavy atom. The number of amides is 2. The van der Waals surface area contributed by atoms with E-state index >= 15 is 0 Å². The quantitative estimate of drug-likeness (QED) is 0.709. The number of benzene rings is 2. The highest BCUT2D eigenvalue weighted by Gasteiger charge is 2.18. The minimum absolute atomic E-state index is 0.0915. The minimum atomic E-state index is -0.335. The molecule has 2 heterocycles. The Morgan fingerprint density at radius 3 is 2.61 bits per heavy atom. The van der Waals surface area contributed by atoms with Crippen molar-refractivity contribution in [1.82, 2.24) is 0 Å². The van der Waals surface area contributed by atoms with Crippen molar-refractivity contribution in [2.24, 2.45) is 0 Å². The summed E-state index contributed by atoms with van der Waals surface area (Å²) < 4.78 is 5.09. The largest absolute Gasteiger partial charge is 0.459 e. The van der Waals surface area contributed by atoms with Gasteiger partial charge in [-0.15, -0.1) is 0 Å². The zero-order valence-electron chi connectivity index (χ0n) is 15.4. The van der Waals surface area contributed by atoms with Crippen molar-refractivity contribution in [3.63, 3.8) is 0 Å². The number of hydrogen-bond acceptors (Lipinski definition) is 4. The molecule has 6 nitrogen and oxygen atoms in total. The molecule has 6 heteroatoms. The number of carbonyl (C=O) groups excluding carboxylic acids is 2. The molecule has 28 heavy (non-hydrogen) atoms. The number of rotatable bonds is 5. The number of nitrogens with one attached hydrogen (secondary N) is 2. The van der Waals surface area contributed by atoms with E-state index in [2.05, 4.69) is 27.7 Å². The average molecular weight is 375 g/mol. The topological polar surface area (TPSA) is 74.6 Å². The molecule has 0 aliphatic carbocycles. The lowest BCUT2D eigenvalue weighted by molar-refractivity contribution is -0.115. The van der Waals surface area contributed by atoms with Gasteiger partial charge in [-0.3, -0.25) is 9.59 Å². The lowest BCUT2D eigenvalue weighted by Gasteiger charge is -2.30. The van der Waals surface area contributed by atoms with Gasteiger partial charge in [0, 0.05) is 23.6 Å². The number of aryl methyl sites for hydroxylation is 1. The number of furan rings is 1. The second-order valence-electron chi connectivity index (χ2n) is 6.71. The molecule has 0 unspecified atom stereocenters. The number of hydrogen-bond donors (Lipinski definition) is 2. The standard InChI is InChI=1S/C22H21N3O3/c26-21(15-25-12-4-7-16-6-1-2-10-19(16)25)23-17-8-3-9-18(14-17)24-22(27)20-11-5-13-28-20/h1-3,5-6,8-11,13-14H,4,7,12,15H2,(H,23,26)(H,24,27). The van der Waals surface area contributed by atoms with Crippen LogP contribution in [0.3, 0.4) is 0 Å². The molecule has 0 radical (unpaired) electrons. The van der Waals surface area contributed by atoms with Crippen LogP contribution in [0.25, 0.3) is 0 Å². The van der Waals surface area contributed by atoms with Gasteiger partial charge in [0.05, 0.1) is 12.8 Å². The molecule has 2 amide bonds. The van der Waals surface area contributed by atoms with E-state index in [1.54, 1.807) is 36.4 Å². The van der Waals surface area contributed by atoms with Crippen LogP contribution in [0.4, 0.5) is 17.1 Å². The van der Waals surface area contributed by atoms with Crippen LogP contribution in [0.15, 0.2) is 71.3 Å². The van der Waals surface area contributed by atoms with E-state index < -0.39 is 0 Å². The van der Waals surface area contributed by atoms with Gasteiger partial charge in [-0.25, -0.2) is 0 Å². The van der Waals surface area contributed by atoms with E-state index in [0.29, 0.717) is 17.9 Å². The Hall–Kier alpha value is -3.54. The van der Waals surface area contributed by atoms with E-state index in [1.807, 2.05) is 12.1 Å². The molecule has 4 rings (SSSR count). The van der Waals surface area contributed by atoms with Crippen molar-refractivity contribution in [2.75, 3.05) is 28.6 Å². The first kappa shape index (κ1) is 17.9. The first-order valence-corrected chi connectivity index (χ1v) is 9.27. The third-order valence-electron chi connectivity index (χ3n) is 4.69. The predicted molar refractivity (Wildman–Crippen MR) is 109 cm³/mol. The van der Waals surface area contributed by atoms with Gasteiger partial charge in [-0.05, 0) is 54.8 Å².